The van der Waals surface area contributed by atoms with Crippen LogP contribution in [0, 0.1) is 6.92 Å². The van der Waals surface area contributed by atoms with Crippen molar-refractivity contribution in [3.8, 4) is 11.3 Å². The van der Waals surface area contributed by atoms with Crippen molar-refractivity contribution < 1.29 is 0 Å². The minimum Gasteiger partial charge on any atom is -0.397 e. The molecule has 1 heterocycles. The summed E-state index contributed by atoms with van der Waals surface area (Å²) >= 11 is 6.06. The Morgan fingerprint density at radius 3 is 2.47 bits per heavy atom. The van der Waals surface area contributed by atoms with Gasteiger partial charge in [-0.1, -0.05) is 41.4 Å². The lowest BCUT2D eigenvalue weighted by atomic mass is 10.1. The normalized spacial score (nSPS) is 10.3. The van der Waals surface area contributed by atoms with E-state index in [1.807, 2.05) is 31.2 Å². The molecule has 0 fully saturated rings. The molecule has 0 atom stereocenters. The van der Waals surface area contributed by atoms with Gasteiger partial charge in [-0.05, 0) is 13.0 Å². The molecule has 2 nitrogen and oxygen atoms in total. The van der Waals surface area contributed by atoms with Crippen LogP contribution in [0.25, 0.3) is 11.3 Å². The Balaban J connectivity index is 2.49. The minimum atomic E-state index is 0.580. The summed E-state index contributed by atoms with van der Waals surface area (Å²) in [6.07, 6.45) is 1.61. The Labute approximate surface area is 93.7 Å². The molecule has 2 aromatic rings. The second kappa shape index (κ2) is 3.91. The van der Waals surface area contributed by atoms with E-state index in [0.717, 1.165) is 11.3 Å². The fourth-order valence-corrected chi connectivity index (χ4v) is 1.66. The smallest absolute Gasteiger partial charge is 0.0889 e. The third-order valence-corrected chi connectivity index (χ3v) is 2.48. The molecule has 0 saturated heterocycles. The fraction of sp³-hybridized carbons (Fsp3) is 0.0833. The zero-order chi connectivity index (χ0) is 10.8. The summed E-state index contributed by atoms with van der Waals surface area (Å²) in [4.78, 5) is 4.22. The molecule has 1 aromatic heterocycles. The Hall–Kier alpha value is -1.54. The second-order valence-electron chi connectivity index (χ2n) is 3.47. The highest BCUT2D eigenvalue weighted by Crippen LogP contribution is 2.26. The van der Waals surface area contributed by atoms with Gasteiger partial charge in [-0.25, -0.2) is 0 Å². The van der Waals surface area contributed by atoms with Crippen molar-refractivity contribution in [3.63, 3.8) is 0 Å². The van der Waals surface area contributed by atoms with E-state index in [-0.39, 0.29) is 0 Å². The number of benzene rings is 1. The maximum atomic E-state index is 6.06. The number of nitrogens with two attached hydrogens (primary N) is 1. The molecule has 0 aliphatic rings. The monoisotopic (exact) mass is 218 g/mol. The first-order valence-corrected chi connectivity index (χ1v) is 5.02. The Bertz CT molecular complexity index is 477. The highest BCUT2D eigenvalue weighted by Gasteiger charge is 2.04. The van der Waals surface area contributed by atoms with Crippen LogP contribution in [-0.2, 0) is 0 Å². The summed E-state index contributed by atoms with van der Waals surface area (Å²) in [6, 6.07) is 9.77. The number of pyridine rings is 1. The van der Waals surface area contributed by atoms with Crippen LogP contribution in [0.5, 0.6) is 0 Å². The van der Waals surface area contributed by atoms with Crippen LogP contribution >= 0.6 is 11.6 Å². The van der Waals surface area contributed by atoms with Crippen molar-refractivity contribution >= 4 is 17.3 Å². The first kappa shape index (κ1) is 9.99. The van der Waals surface area contributed by atoms with Gasteiger partial charge >= 0.3 is 0 Å². The minimum absolute atomic E-state index is 0.580. The lowest BCUT2D eigenvalue weighted by molar-refractivity contribution is 1.32. The number of aryl methyl sites for hydroxylation is 1. The summed E-state index contributed by atoms with van der Waals surface area (Å²) < 4.78 is 0. The average Bonchev–Trinajstić information content (AvgIpc) is 2.20. The molecular weight excluding hydrogens is 208 g/mol. The SMILES string of the molecule is Cc1ccc(-c2ncc(N)cc2Cl)cc1. The second-order valence-corrected chi connectivity index (χ2v) is 3.87. The van der Waals surface area contributed by atoms with Gasteiger partial charge in [-0.3, -0.25) is 4.98 Å². The number of halogens is 1. The third kappa shape index (κ3) is 2.10. The van der Waals surface area contributed by atoms with Crippen LogP contribution in [0.2, 0.25) is 5.02 Å². The molecule has 0 radical (unpaired) electrons. The zero-order valence-corrected chi connectivity index (χ0v) is 9.12. The molecule has 76 valence electrons. The quantitative estimate of drug-likeness (QED) is 0.798. The largest absolute Gasteiger partial charge is 0.397 e. The van der Waals surface area contributed by atoms with E-state index in [2.05, 4.69) is 4.98 Å². The van der Waals surface area contributed by atoms with Gasteiger partial charge in [-0.2, -0.15) is 0 Å². The molecule has 0 unspecified atom stereocenters. The van der Waals surface area contributed by atoms with Gasteiger partial charge in [-0.15, -0.1) is 0 Å². The van der Waals surface area contributed by atoms with Crippen LogP contribution in [0.1, 0.15) is 5.56 Å². The van der Waals surface area contributed by atoms with E-state index < -0.39 is 0 Å². The summed E-state index contributed by atoms with van der Waals surface area (Å²) in [5.41, 5.74) is 9.15. The zero-order valence-electron chi connectivity index (χ0n) is 8.37. The number of hydrogen-bond donors (Lipinski definition) is 1. The molecule has 3 heteroatoms. The number of hydrogen-bond acceptors (Lipinski definition) is 2. The average molecular weight is 219 g/mol. The lowest BCUT2D eigenvalue weighted by Gasteiger charge is -2.04. The number of rotatable bonds is 1. The Morgan fingerprint density at radius 1 is 1.20 bits per heavy atom. The highest BCUT2D eigenvalue weighted by molar-refractivity contribution is 6.33. The summed E-state index contributed by atoms with van der Waals surface area (Å²) in [5.74, 6) is 0. The molecule has 0 aliphatic carbocycles. The molecule has 0 aliphatic heterocycles. The molecule has 2 rings (SSSR count). The van der Waals surface area contributed by atoms with Gasteiger partial charge in [0.2, 0.25) is 0 Å². The van der Waals surface area contributed by atoms with Gasteiger partial charge in [0.05, 0.1) is 22.6 Å². The van der Waals surface area contributed by atoms with Crippen LogP contribution in [-0.4, -0.2) is 4.98 Å². The molecule has 0 spiro atoms. The maximum Gasteiger partial charge on any atom is 0.0889 e. The van der Waals surface area contributed by atoms with Crippen molar-refractivity contribution in [2.75, 3.05) is 5.73 Å². The van der Waals surface area contributed by atoms with Crippen molar-refractivity contribution in [2.24, 2.45) is 0 Å². The Kier molecular flexibility index (Phi) is 2.60. The van der Waals surface area contributed by atoms with E-state index in [4.69, 9.17) is 17.3 Å². The van der Waals surface area contributed by atoms with Crippen molar-refractivity contribution in [2.45, 2.75) is 6.92 Å². The standard InChI is InChI=1S/C12H11ClN2/c1-8-2-4-9(5-3-8)12-11(13)6-10(14)7-15-12/h2-7H,14H2,1H3. The number of anilines is 1. The fourth-order valence-electron chi connectivity index (χ4n) is 1.38. The van der Waals surface area contributed by atoms with Gasteiger partial charge in [0.25, 0.3) is 0 Å². The van der Waals surface area contributed by atoms with E-state index in [0.29, 0.717) is 10.7 Å². The predicted molar refractivity (Wildman–Crippen MR) is 63.8 cm³/mol. The maximum absolute atomic E-state index is 6.06. The van der Waals surface area contributed by atoms with E-state index in [1.54, 1.807) is 12.3 Å². The van der Waals surface area contributed by atoms with Gasteiger partial charge in [0, 0.05) is 5.56 Å². The summed E-state index contributed by atoms with van der Waals surface area (Å²) in [5, 5.41) is 0.582. The molecular formula is C12H11ClN2. The lowest BCUT2D eigenvalue weighted by Crippen LogP contribution is -1.90. The molecule has 0 amide bonds. The van der Waals surface area contributed by atoms with Crippen LogP contribution in [0.3, 0.4) is 0 Å². The van der Waals surface area contributed by atoms with Gasteiger partial charge in [0.15, 0.2) is 0 Å². The van der Waals surface area contributed by atoms with Crippen LogP contribution in [0.4, 0.5) is 5.69 Å². The molecule has 2 N–H and O–H groups in total. The number of aromatic nitrogens is 1. The molecule has 1 aromatic carbocycles. The molecule has 15 heavy (non-hydrogen) atoms. The first-order valence-electron chi connectivity index (χ1n) is 4.65. The topological polar surface area (TPSA) is 38.9 Å². The van der Waals surface area contributed by atoms with E-state index in [9.17, 15) is 0 Å². The van der Waals surface area contributed by atoms with E-state index >= 15 is 0 Å². The molecule has 0 bridgehead atoms. The Morgan fingerprint density at radius 2 is 1.87 bits per heavy atom. The highest BCUT2D eigenvalue weighted by atomic mass is 35.5. The van der Waals surface area contributed by atoms with Gasteiger partial charge in [0.1, 0.15) is 0 Å². The van der Waals surface area contributed by atoms with Crippen LogP contribution < -0.4 is 5.73 Å². The summed E-state index contributed by atoms with van der Waals surface area (Å²) in [7, 11) is 0. The van der Waals surface area contributed by atoms with E-state index in [1.165, 1.54) is 5.56 Å². The van der Waals surface area contributed by atoms with Gasteiger partial charge < -0.3 is 5.73 Å². The molecule has 0 saturated carbocycles. The first-order chi connectivity index (χ1) is 7.16. The summed E-state index contributed by atoms with van der Waals surface area (Å²) in [6.45, 7) is 2.04. The predicted octanol–water partition coefficient (Wildman–Crippen LogP) is 3.29. The van der Waals surface area contributed by atoms with Crippen molar-refractivity contribution in [3.05, 3.63) is 47.1 Å². The number of nitrogen functional groups attached to an aromatic ring is 1. The van der Waals surface area contributed by atoms with Crippen LogP contribution in [0.15, 0.2) is 36.5 Å². The third-order valence-electron chi connectivity index (χ3n) is 2.19. The van der Waals surface area contributed by atoms with Crippen molar-refractivity contribution in [1.29, 1.82) is 0 Å². The van der Waals surface area contributed by atoms with Crippen molar-refractivity contribution in [1.82, 2.24) is 4.98 Å². The number of nitrogens with zero attached hydrogens (tertiary/aromatic N) is 1.